The fraction of sp³-hybridized carbons (Fsp3) is 0.174. The van der Waals surface area contributed by atoms with Crippen LogP contribution in [0.15, 0.2) is 69.5 Å². The Balaban J connectivity index is 1.68. The van der Waals surface area contributed by atoms with Crippen LogP contribution in [0.3, 0.4) is 0 Å². The second kappa shape index (κ2) is 7.39. The SMILES string of the molecule is CCN1C(=O)/C(=C/c2ccc(-c3cc(=O)c4ccccc4o3)cc2)N(CC)C1=O. The Morgan fingerprint density at radius 3 is 2.28 bits per heavy atom. The summed E-state index contributed by atoms with van der Waals surface area (Å²) in [7, 11) is 0. The van der Waals surface area contributed by atoms with E-state index in [4.69, 9.17) is 4.42 Å². The first-order valence-electron chi connectivity index (χ1n) is 9.52. The number of hydrogen-bond acceptors (Lipinski definition) is 4. The van der Waals surface area contributed by atoms with Crippen molar-refractivity contribution in [3.05, 3.63) is 76.1 Å². The molecule has 6 nitrogen and oxygen atoms in total. The van der Waals surface area contributed by atoms with E-state index in [9.17, 15) is 14.4 Å². The molecule has 0 aliphatic carbocycles. The standard InChI is InChI=1S/C23H20N2O4/c1-3-24-18(22(27)25(4-2)23(24)28)13-15-9-11-16(12-10-15)21-14-19(26)17-7-5-6-8-20(17)29-21/h5-14H,3-4H2,1-2H3/b18-13-. The van der Waals surface area contributed by atoms with Crippen molar-refractivity contribution in [3.63, 3.8) is 0 Å². The third-order valence-electron chi connectivity index (χ3n) is 4.98. The molecule has 1 aromatic heterocycles. The number of urea groups is 1. The Morgan fingerprint density at radius 1 is 0.897 bits per heavy atom. The van der Waals surface area contributed by atoms with Gasteiger partial charge in [-0.25, -0.2) is 4.79 Å². The van der Waals surface area contributed by atoms with Gasteiger partial charge in [0, 0.05) is 24.7 Å². The summed E-state index contributed by atoms with van der Waals surface area (Å²) in [6, 6.07) is 15.6. The lowest BCUT2D eigenvalue weighted by Crippen LogP contribution is -2.32. The molecule has 1 aliphatic rings. The largest absolute Gasteiger partial charge is 0.456 e. The predicted molar refractivity (Wildman–Crippen MR) is 111 cm³/mol. The number of likely N-dealkylation sites (N-methyl/N-ethyl adjacent to an activating group) is 2. The molecule has 0 atom stereocenters. The molecule has 29 heavy (non-hydrogen) atoms. The maximum Gasteiger partial charge on any atom is 0.331 e. The summed E-state index contributed by atoms with van der Waals surface area (Å²) in [5.41, 5.74) is 2.34. The summed E-state index contributed by atoms with van der Waals surface area (Å²) in [6.07, 6.45) is 1.71. The maximum atomic E-state index is 12.5. The fourth-order valence-corrected chi connectivity index (χ4v) is 3.46. The van der Waals surface area contributed by atoms with Crippen LogP contribution in [0, 0.1) is 0 Å². The van der Waals surface area contributed by atoms with E-state index >= 15 is 0 Å². The smallest absolute Gasteiger partial charge is 0.331 e. The minimum Gasteiger partial charge on any atom is -0.456 e. The molecule has 0 spiro atoms. The van der Waals surface area contributed by atoms with E-state index in [-0.39, 0.29) is 17.4 Å². The first-order valence-corrected chi connectivity index (χ1v) is 9.52. The van der Waals surface area contributed by atoms with E-state index < -0.39 is 0 Å². The zero-order valence-electron chi connectivity index (χ0n) is 16.2. The summed E-state index contributed by atoms with van der Waals surface area (Å²) in [6.45, 7) is 4.38. The van der Waals surface area contributed by atoms with Crippen LogP contribution in [0.1, 0.15) is 19.4 Å². The van der Waals surface area contributed by atoms with Crippen molar-refractivity contribution < 1.29 is 14.0 Å². The summed E-state index contributed by atoms with van der Waals surface area (Å²) in [5, 5.41) is 0.544. The highest BCUT2D eigenvalue weighted by Crippen LogP contribution is 2.26. The molecule has 1 fully saturated rings. The molecule has 2 aromatic carbocycles. The van der Waals surface area contributed by atoms with Crippen LogP contribution in [-0.2, 0) is 4.79 Å². The summed E-state index contributed by atoms with van der Waals surface area (Å²) < 4.78 is 5.87. The Bertz CT molecular complexity index is 1190. The molecule has 0 radical (unpaired) electrons. The molecule has 3 aromatic rings. The Hall–Kier alpha value is -3.67. The topological polar surface area (TPSA) is 70.8 Å². The van der Waals surface area contributed by atoms with Gasteiger partial charge in [0.1, 0.15) is 17.0 Å². The van der Waals surface area contributed by atoms with Gasteiger partial charge in [0.2, 0.25) is 0 Å². The van der Waals surface area contributed by atoms with Crippen LogP contribution in [-0.4, -0.2) is 34.8 Å². The Morgan fingerprint density at radius 2 is 1.59 bits per heavy atom. The van der Waals surface area contributed by atoms with Crippen molar-refractivity contribution in [2.45, 2.75) is 13.8 Å². The Kier molecular flexibility index (Phi) is 4.76. The first kappa shape index (κ1) is 18.7. The molecule has 0 saturated carbocycles. The molecule has 0 N–H and O–H groups in total. The Labute approximate surface area is 167 Å². The van der Waals surface area contributed by atoms with Crippen LogP contribution >= 0.6 is 0 Å². The van der Waals surface area contributed by atoms with Crippen molar-refractivity contribution in [3.8, 4) is 11.3 Å². The van der Waals surface area contributed by atoms with Gasteiger partial charge in [-0.15, -0.1) is 0 Å². The van der Waals surface area contributed by atoms with E-state index in [1.807, 2.05) is 37.3 Å². The van der Waals surface area contributed by atoms with Gasteiger partial charge in [-0.05, 0) is 37.6 Å². The lowest BCUT2D eigenvalue weighted by Gasteiger charge is -2.13. The number of nitrogens with zero attached hydrogens (tertiary/aromatic N) is 2. The third kappa shape index (κ3) is 3.23. The lowest BCUT2D eigenvalue weighted by atomic mass is 10.1. The molecule has 146 valence electrons. The molecule has 4 rings (SSSR count). The van der Waals surface area contributed by atoms with Gasteiger partial charge in [0.15, 0.2) is 5.43 Å². The van der Waals surface area contributed by atoms with Gasteiger partial charge in [0.25, 0.3) is 5.91 Å². The van der Waals surface area contributed by atoms with Crippen LogP contribution in [0.25, 0.3) is 28.4 Å². The lowest BCUT2D eigenvalue weighted by molar-refractivity contribution is -0.122. The number of hydrogen-bond donors (Lipinski definition) is 0. The van der Waals surface area contributed by atoms with Crippen molar-refractivity contribution >= 4 is 29.0 Å². The second-order valence-electron chi connectivity index (χ2n) is 6.70. The number of benzene rings is 2. The van der Waals surface area contributed by atoms with Crippen molar-refractivity contribution in [2.75, 3.05) is 13.1 Å². The maximum absolute atomic E-state index is 12.5. The van der Waals surface area contributed by atoms with E-state index in [0.29, 0.717) is 35.5 Å². The molecular weight excluding hydrogens is 368 g/mol. The van der Waals surface area contributed by atoms with Gasteiger partial charge in [-0.1, -0.05) is 36.4 Å². The zero-order valence-corrected chi connectivity index (χ0v) is 16.2. The number of imide groups is 1. The first-order chi connectivity index (χ1) is 14.0. The average Bonchev–Trinajstić information content (AvgIpc) is 2.97. The molecule has 1 saturated heterocycles. The van der Waals surface area contributed by atoms with Crippen molar-refractivity contribution in [1.82, 2.24) is 9.80 Å². The number of carbonyl (C=O) groups excluding carboxylic acids is 2. The second-order valence-corrected chi connectivity index (χ2v) is 6.70. The van der Waals surface area contributed by atoms with Crippen LogP contribution in [0.5, 0.6) is 0 Å². The summed E-state index contributed by atoms with van der Waals surface area (Å²) in [4.78, 5) is 39.8. The monoisotopic (exact) mass is 388 g/mol. The van der Waals surface area contributed by atoms with Crippen LogP contribution in [0.2, 0.25) is 0 Å². The summed E-state index contributed by atoms with van der Waals surface area (Å²) >= 11 is 0. The van der Waals surface area contributed by atoms with Gasteiger partial charge in [0.05, 0.1) is 5.39 Å². The average molecular weight is 388 g/mol. The predicted octanol–water partition coefficient (Wildman–Crippen LogP) is 4.10. The molecular formula is C23H20N2O4. The number of fused-ring (bicyclic) bond motifs is 1. The van der Waals surface area contributed by atoms with E-state index in [1.54, 1.807) is 31.2 Å². The van der Waals surface area contributed by atoms with Gasteiger partial charge in [-0.3, -0.25) is 19.4 Å². The molecule has 3 amide bonds. The number of carbonyl (C=O) groups is 2. The zero-order chi connectivity index (χ0) is 20.5. The third-order valence-corrected chi connectivity index (χ3v) is 4.98. The minimum absolute atomic E-state index is 0.0960. The van der Waals surface area contributed by atoms with Crippen molar-refractivity contribution in [2.24, 2.45) is 0 Å². The van der Waals surface area contributed by atoms with Crippen molar-refractivity contribution in [1.29, 1.82) is 0 Å². The number of para-hydroxylation sites is 1. The fourth-order valence-electron chi connectivity index (χ4n) is 3.46. The summed E-state index contributed by atoms with van der Waals surface area (Å²) in [5.74, 6) is 0.191. The van der Waals surface area contributed by atoms with Gasteiger partial charge >= 0.3 is 6.03 Å². The molecule has 0 bridgehead atoms. The molecule has 1 aliphatic heterocycles. The number of rotatable bonds is 4. The normalized spacial score (nSPS) is 15.7. The van der Waals surface area contributed by atoms with Gasteiger partial charge < -0.3 is 4.42 Å². The van der Waals surface area contributed by atoms with Crippen LogP contribution in [0.4, 0.5) is 4.79 Å². The highest BCUT2D eigenvalue weighted by Gasteiger charge is 2.38. The highest BCUT2D eigenvalue weighted by atomic mass is 16.3. The highest BCUT2D eigenvalue weighted by molar-refractivity contribution is 6.13. The number of amides is 3. The minimum atomic E-state index is -0.291. The van der Waals surface area contributed by atoms with E-state index in [2.05, 4.69) is 0 Å². The molecule has 2 heterocycles. The van der Waals surface area contributed by atoms with Gasteiger partial charge in [-0.2, -0.15) is 0 Å². The molecule has 6 heteroatoms. The quantitative estimate of drug-likeness (QED) is 0.498. The molecule has 0 unspecified atom stereocenters. The van der Waals surface area contributed by atoms with E-state index in [1.165, 1.54) is 15.9 Å². The van der Waals surface area contributed by atoms with Crippen LogP contribution < -0.4 is 5.43 Å². The van der Waals surface area contributed by atoms with E-state index in [0.717, 1.165) is 11.1 Å².